The molecule has 4 heterocycles. The van der Waals surface area contributed by atoms with Crippen LogP contribution in [0.4, 0.5) is 5.82 Å². The van der Waals surface area contributed by atoms with Crippen molar-refractivity contribution in [1.82, 2.24) is 20.5 Å². The Morgan fingerprint density at radius 2 is 2.07 bits per heavy atom. The fourth-order valence-electron chi connectivity index (χ4n) is 4.28. The van der Waals surface area contributed by atoms with Gasteiger partial charge in [-0.2, -0.15) is 5.10 Å². The van der Waals surface area contributed by atoms with Crippen molar-refractivity contribution in [1.29, 1.82) is 0 Å². The van der Waals surface area contributed by atoms with Gasteiger partial charge in [0.15, 0.2) is 5.82 Å². The molecule has 0 aliphatic carbocycles. The van der Waals surface area contributed by atoms with E-state index in [0.29, 0.717) is 31.6 Å². The van der Waals surface area contributed by atoms with Gasteiger partial charge < -0.3 is 25.0 Å². The molecule has 0 unspecified atom stereocenters. The summed E-state index contributed by atoms with van der Waals surface area (Å²) in [5, 5.41) is 22.7. The van der Waals surface area contributed by atoms with Crippen molar-refractivity contribution in [2.45, 2.75) is 50.4 Å². The number of aliphatic hydroxyl groups excluding tert-OH is 1. The zero-order valence-electron chi connectivity index (χ0n) is 16.3. The summed E-state index contributed by atoms with van der Waals surface area (Å²) in [5.74, 6) is 0.629. The first-order valence-corrected chi connectivity index (χ1v) is 9.75. The van der Waals surface area contributed by atoms with Crippen molar-refractivity contribution in [3.63, 3.8) is 0 Å². The highest BCUT2D eigenvalue weighted by Gasteiger charge is 2.54. The van der Waals surface area contributed by atoms with Crippen LogP contribution in [-0.2, 0) is 4.74 Å². The number of nitrogens with zero attached hydrogens (tertiary/aromatic N) is 3. The number of carbonyl (C=O) groups is 1. The molecule has 2 fully saturated rings. The van der Waals surface area contributed by atoms with E-state index < -0.39 is 17.2 Å². The summed E-state index contributed by atoms with van der Waals surface area (Å²) in [6, 6.07) is 7.43. The summed E-state index contributed by atoms with van der Waals surface area (Å²) < 4.78 is 6.12. The number of aromatic amines is 1. The Balaban J connectivity index is 1.46. The predicted molar refractivity (Wildman–Crippen MR) is 104 cm³/mol. The maximum atomic E-state index is 12.5. The zero-order chi connectivity index (χ0) is 19.8. The second-order valence-corrected chi connectivity index (χ2v) is 8.04. The number of ether oxygens (including phenoxy) is 1. The first kappa shape index (κ1) is 18.9. The van der Waals surface area contributed by atoms with Crippen LogP contribution in [0.2, 0.25) is 0 Å². The first-order valence-electron chi connectivity index (χ1n) is 9.75. The molecule has 1 amide bonds. The van der Waals surface area contributed by atoms with Gasteiger partial charge in [0.25, 0.3) is 5.91 Å². The fourth-order valence-corrected chi connectivity index (χ4v) is 4.28. The molecule has 2 aromatic rings. The molecule has 28 heavy (non-hydrogen) atoms. The summed E-state index contributed by atoms with van der Waals surface area (Å²) in [5.41, 5.74) is -0.0322. The summed E-state index contributed by atoms with van der Waals surface area (Å²) in [4.78, 5) is 17.6. The van der Waals surface area contributed by atoms with Crippen LogP contribution >= 0.6 is 0 Å². The minimum Gasteiger partial charge on any atom is -0.388 e. The summed E-state index contributed by atoms with van der Waals surface area (Å²) in [6.45, 7) is 5.75. The molecule has 2 atom stereocenters. The van der Waals surface area contributed by atoms with E-state index in [9.17, 15) is 9.90 Å². The molecule has 2 saturated heterocycles. The number of rotatable bonds is 3. The Labute approximate surface area is 164 Å². The number of H-pyrrole nitrogens is 1. The standard InChI is InChI=1S/C20H27N5O3/c1-14-5-6-16(24-23-14)25-11-7-20(8-12-25)18(27)19(2,9-13-28-20)22-17(26)15-4-3-10-21-15/h3-6,10,18,21,27H,7-9,11-13H2,1-2H3,(H,22,26)/t18-,19+/m1/s1. The Morgan fingerprint density at radius 1 is 1.29 bits per heavy atom. The van der Waals surface area contributed by atoms with E-state index in [1.807, 2.05) is 26.0 Å². The highest BCUT2D eigenvalue weighted by Crippen LogP contribution is 2.40. The molecular weight excluding hydrogens is 358 g/mol. The van der Waals surface area contributed by atoms with Crippen LogP contribution in [0.15, 0.2) is 30.5 Å². The molecule has 2 aliphatic heterocycles. The number of hydrogen-bond donors (Lipinski definition) is 3. The van der Waals surface area contributed by atoms with Crippen molar-refractivity contribution < 1.29 is 14.6 Å². The van der Waals surface area contributed by atoms with Crippen molar-refractivity contribution in [3.8, 4) is 0 Å². The van der Waals surface area contributed by atoms with E-state index in [2.05, 4.69) is 25.4 Å². The number of aliphatic hydroxyl groups is 1. The van der Waals surface area contributed by atoms with Crippen LogP contribution in [-0.4, -0.2) is 63.1 Å². The number of amides is 1. The average molecular weight is 385 g/mol. The van der Waals surface area contributed by atoms with Crippen LogP contribution in [0.1, 0.15) is 42.4 Å². The van der Waals surface area contributed by atoms with Crippen molar-refractivity contribution >= 4 is 11.7 Å². The number of carbonyl (C=O) groups excluding carboxylic acids is 1. The van der Waals surface area contributed by atoms with Crippen LogP contribution in [0, 0.1) is 6.92 Å². The van der Waals surface area contributed by atoms with Gasteiger partial charge in [-0.3, -0.25) is 4.79 Å². The minimum atomic E-state index is -0.793. The van der Waals surface area contributed by atoms with E-state index in [1.54, 1.807) is 18.3 Å². The van der Waals surface area contributed by atoms with Crippen molar-refractivity contribution in [2.75, 3.05) is 24.6 Å². The molecule has 0 radical (unpaired) electrons. The van der Waals surface area contributed by atoms with Gasteiger partial charge in [0.2, 0.25) is 0 Å². The molecule has 4 rings (SSSR count). The second kappa shape index (κ2) is 7.18. The molecule has 0 saturated carbocycles. The first-order chi connectivity index (χ1) is 13.4. The van der Waals surface area contributed by atoms with E-state index in [0.717, 1.165) is 24.6 Å². The Morgan fingerprint density at radius 3 is 2.71 bits per heavy atom. The molecule has 1 spiro atoms. The van der Waals surface area contributed by atoms with E-state index in [-0.39, 0.29) is 5.91 Å². The molecule has 8 nitrogen and oxygen atoms in total. The largest absolute Gasteiger partial charge is 0.388 e. The lowest BCUT2D eigenvalue weighted by Crippen LogP contribution is -2.69. The van der Waals surface area contributed by atoms with Crippen LogP contribution < -0.4 is 10.2 Å². The normalized spacial score (nSPS) is 27.0. The van der Waals surface area contributed by atoms with Gasteiger partial charge in [-0.1, -0.05) is 0 Å². The van der Waals surface area contributed by atoms with Crippen LogP contribution in [0.25, 0.3) is 0 Å². The summed E-state index contributed by atoms with van der Waals surface area (Å²) in [7, 11) is 0. The number of anilines is 1. The molecule has 2 aromatic heterocycles. The third-order valence-electron chi connectivity index (χ3n) is 6.07. The second-order valence-electron chi connectivity index (χ2n) is 8.04. The average Bonchev–Trinajstić information content (AvgIpc) is 3.23. The monoisotopic (exact) mass is 385 g/mol. The van der Waals surface area contributed by atoms with Crippen LogP contribution in [0.3, 0.4) is 0 Å². The molecular formula is C20H27N5O3. The number of aromatic nitrogens is 3. The lowest BCUT2D eigenvalue weighted by molar-refractivity contribution is -0.195. The zero-order valence-corrected chi connectivity index (χ0v) is 16.3. The van der Waals surface area contributed by atoms with Gasteiger partial charge in [-0.15, -0.1) is 5.10 Å². The molecule has 0 aromatic carbocycles. The molecule has 150 valence electrons. The Bertz CT molecular complexity index is 815. The number of piperidine rings is 1. The maximum absolute atomic E-state index is 12.5. The quantitative estimate of drug-likeness (QED) is 0.738. The van der Waals surface area contributed by atoms with E-state index in [1.165, 1.54) is 0 Å². The molecule has 2 aliphatic rings. The van der Waals surface area contributed by atoms with Gasteiger partial charge in [0.05, 0.1) is 16.8 Å². The third kappa shape index (κ3) is 3.38. The maximum Gasteiger partial charge on any atom is 0.268 e. The van der Waals surface area contributed by atoms with Crippen molar-refractivity contribution in [3.05, 3.63) is 41.9 Å². The minimum absolute atomic E-state index is 0.212. The molecule has 8 heteroatoms. The number of aryl methyl sites for hydroxylation is 1. The molecule has 3 N–H and O–H groups in total. The third-order valence-corrected chi connectivity index (χ3v) is 6.07. The van der Waals surface area contributed by atoms with E-state index in [4.69, 9.17) is 4.74 Å². The number of nitrogens with one attached hydrogen (secondary N) is 2. The van der Waals surface area contributed by atoms with Gasteiger partial charge in [-0.25, -0.2) is 0 Å². The van der Waals surface area contributed by atoms with Gasteiger partial charge >= 0.3 is 0 Å². The predicted octanol–water partition coefficient (Wildman–Crippen LogP) is 1.42. The highest BCUT2D eigenvalue weighted by molar-refractivity contribution is 5.92. The summed E-state index contributed by atoms with van der Waals surface area (Å²) >= 11 is 0. The highest BCUT2D eigenvalue weighted by atomic mass is 16.5. The van der Waals surface area contributed by atoms with Gasteiger partial charge in [0.1, 0.15) is 11.8 Å². The van der Waals surface area contributed by atoms with E-state index >= 15 is 0 Å². The van der Waals surface area contributed by atoms with Gasteiger partial charge in [-0.05, 0) is 57.4 Å². The summed E-state index contributed by atoms with van der Waals surface area (Å²) in [6.07, 6.45) is 2.81. The fraction of sp³-hybridized carbons (Fsp3) is 0.550. The SMILES string of the molecule is Cc1ccc(N2CCC3(CC2)OCC[C@](C)(NC(=O)c2ccc[nH]2)[C@H]3O)nn1. The molecule has 0 bridgehead atoms. The number of hydrogen-bond acceptors (Lipinski definition) is 6. The Hall–Kier alpha value is -2.45. The Kier molecular flexibility index (Phi) is 4.84. The lowest BCUT2D eigenvalue weighted by Gasteiger charge is -2.53. The van der Waals surface area contributed by atoms with Gasteiger partial charge in [0, 0.05) is 25.9 Å². The smallest absolute Gasteiger partial charge is 0.268 e. The van der Waals surface area contributed by atoms with Crippen LogP contribution in [0.5, 0.6) is 0 Å². The van der Waals surface area contributed by atoms with Crippen molar-refractivity contribution in [2.24, 2.45) is 0 Å². The lowest BCUT2D eigenvalue weighted by atomic mass is 9.73. The topological polar surface area (TPSA) is 103 Å².